The summed E-state index contributed by atoms with van der Waals surface area (Å²) in [5.41, 5.74) is 0.538. The van der Waals surface area contributed by atoms with E-state index in [2.05, 4.69) is 15.6 Å². The van der Waals surface area contributed by atoms with E-state index in [0.29, 0.717) is 30.2 Å². The van der Waals surface area contributed by atoms with Gasteiger partial charge in [-0.15, -0.1) is 0 Å². The van der Waals surface area contributed by atoms with E-state index < -0.39 is 4.92 Å². The normalized spacial score (nSPS) is 9.96. The summed E-state index contributed by atoms with van der Waals surface area (Å²) in [5, 5.41) is 16.3. The van der Waals surface area contributed by atoms with Gasteiger partial charge in [0.05, 0.1) is 18.6 Å². The van der Waals surface area contributed by atoms with Crippen LogP contribution in [0.1, 0.15) is 10.4 Å². The van der Waals surface area contributed by atoms with Gasteiger partial charge >= 0.3 is 5.69 Å². The first-order valence-corrected chi connectivity index (χ1v) is 6.92. The molecule has 120 valence electrons. The summed E-state index contributed by atoms with van der Waals surface area (Å²) in [4.78, 5) is 24.7. The molecule has 3 N–H and O–H groups in total. The molecule has 1 amide bonds. The predicted molar refractivity (Wildman–Crippen MR) is 83.5 cm³/mol. The van der Waals surface area contributed by atoms with E-state index in [9.17, 15) is 14.9 Å². The van der Waals surface area contributed by atoms with E-state index in [-0.39, 0.29) is 11.6 Å². The number of pyridine rings is 1. The minimum atomic E-state index is -0.477. The Balaban J connectivity index is 1.75. The molecule has 1 heterocycles. The van der Waals surface area contributed by atoms with Gasteiger partial charge in [0.25, 0.3) is 11.7 Å². The van der Waals surface area contributed by atoms with Gasteiger partial charge < -0.3 is 10.1 Å². The zero-order valence-electron chi connectivity index (χ0n) is 12.5. The van der Waals surface area contributed by atoms with Gasteiger partial charge in [0.15, 0.2) is 6.20 Å². The van der Waals surface area contributed by atoms with Crippen molar-refractivity contribution in [1.82, 2.24) is 5.32 Å². The zero-order valence-corrected chi connectivity index (χ0v) is 12.5. The number of carbonyl (C=O) groups excluding carboxylic acids is 1. The molecule has 23 heavy (non-hydrogen) atoms. The average molecular weight is 317 g/mol. The molecule has 0 radical (unpaired) electrons. The molecule has 0 unspecified atom stereocenters. The molecule has 0 saturated heterocycles. The van der Waals surface area contributed by atoms with Crippen LogP contribution in [0.15, 0.2) is 42.6 Å². The summed E-state index contributed by atoms with van der Waals surface area (Å²) in [6, 6.07) is 9.79. The highest BCUT2D eigenvalue weighted by Crippen LogP contribution is 2.11. The molecule has 1 aromatic carbocycles. The zero-order chi connectivity index (χ0) is 16.7. The van der Waals surface area contributed by atoms with E-state index in [4.69, 9.17) is 4.74 Å². The lowest BCUT2D eigenvalue weighted by Crippen LogP contribution is -2.29. The van der Waals surface area contributed by atoms with Crippen LogP contribution in [0.5, 0.6) is 5.75 Å². The number of H-pyrrole nitrogens is 1. The number of nitro groups is 1. The maximum atomic E-state index is 11.9. The fourth-order valence-corrected chi connectivity index (χ4v) is 1.86. The fraction of sp³-hybridized carbons (Fsp3) is 0.200. The number of methoxy groups -OCH3 is 1. The number of hydrogen-bond acceptors (Lipinski definition) is 5. The van der Waals surface area contributed by atoms with Gasteiger partial charge in [-0.1, -0.05) is 0 Å². The Morgan fingerprint density at radius 1 is 1.22 bits per heavy atom. The lowest BCUT2D eigenvalue weighted by molar-refractivity contribution is -0.413. The molecule has 0 fully saturated rings. The Kier molecular flexibility index (Phi) is 5.45. The van der Waals surface area contributed by atoms with Crippen LogP contribution in [0.4, 0.5) is 11.5 Å². The van der Waals surface area contributed by atoms with E-state index in [1.807, 2.05) is 0 Å². The molecule has 0 spiro atoms. The highest BCUT2D eigenvalue weighted by atomic mass is 16.6. The fourth-order valence-electron chi connectivity index (χ4n) is 1.86. The van der Waals surface area contributed by atoms with Gasteiger partial charge in [-0.2, -0.15) is 0 Å². The number of carbonyl (C=O) groups is 1. The highest BCUT2D eigenvalue weighted by molar-refractivity contribution is 5.94. The number of nitrogens with zero attached hydrogens (tertiary/aromatic N) is 1. The van der Waals surface area contributed by atoms with Gasteiger partial charge in [0.2, 0.25) is 0 Å². The van der Waals surface area contributed by atoms with E-state index >= 15 is 0 Å². The Bertz CT molecular complexity index is 671. The van der Waals surface area contributed by atoms with Crippen LogP contribution in [-0.2, 0) is 0 Å². The second kappa shape index (κ2) is 7.74. The Labute approximate surface area is 132 Å². The third-order valence-corrected chi connectivity index (χ3v) is 3.09. The van der Waals surface area contributed by atoms with Crippen molar-refractivity contribution in [3.63, 3.8) is 0 Å². The highest BCUT2D eigenvalue weighted by Gasteiger charge is 2.09. The van der Waals surface area contributed by atoms with Crippen LogP contribution < -0.4 is 20.4 Å². The van der Waals surface area contributed by atoms with Crippen molar-refractivity contribution < 1.29 is 19.4 Å². The molecule has 8 nitrogen and oxygen atoms in total. The van der Waals surface area contributed by atoms with E-state index in [0.717, 1.165) is 0 Å². The summed E-state index contributed by atoms with van der Waals surface area (Å²) in [5.74, 6) is 1.15. The first kappa shape index (κ1) is 16.2. The summed E-state index contributed by atoms with van der Waals surface area (Å²) in [6.45, 7) is 0.895. The largest absolute Gasteiger partial charge is 0.497 e. The van der Waals surface area contributed by atoms with Crippen LogP contribution in [-0.4, -0.2) is 31.0 Å². The third kappa shape index (κ3) is 4.67. The number of nitrogens with one attached hydrogen (secondary N) is 3. The molecule has 0 saturated carbocycles. The molecular weight excluding hydrogens is 300 g/mol. The minimum absolute atomic E-state index is 0.0108. The summed E-state index contributed by atoms with van der Waals surface area (Å²) in [7, 11) is 1.57. The SMILES string of the molecule is COc1ccc(C(=O)NCCNc2ccc([N+](=O)[O-])c[nH+]2)cc1. The van der Waals surface area contributed by atoms with Crippen molar-refractivity contribution in [2.45, 2.75) is 0 Å². The molecule has 0 atom stereocenters. The average Bonchev–Trinajstić information content (AvgIpc) is 2.59. The molecule has 0 aliphatic rings. The van der Waals surface area contributed by atoms with Crippen molar-refractivity contribution in [2.24, 2.45) is 0 Å². The first-order valence-electron chi connectivity index (χ1n) is 6.92. The lowest BCUT2D eigenvalue weighted by Gasteiger charge is -2.05. The van der Waals surface area contributed by atoms with Crippen LogP contribution in [0.2, 0.25) is 0 Å². The topological polar surface area (TPSA) is 108 Å². The molecule has 1 aromatic heterocycles. The first-order chi connectivity index (χ1) is 11.1. The van der Waals surface area contributed by atoms with Gasteiger partial charge in [-0.25, -0.2) is 4.98 Å². The molecule has 0 aliphatic heterocycles. The van der Waals surface area contributed by atoms with Crippen molar-refractivity contribution in [2.75, 3.05) is 25.5 Å². The molecule has 2 rings (SSSR count). The monoisotopic (exact) mass is 317 g/mol. The number of aromatic amines is 1. The van der Waals surface area contributed by atoms with Crippen molar-refractivity contribution in [1.29, 1.82) is 0 Å². The Hall–Kier alpha value is -3.16. The number of amides is 1. The molecule has 2 aromatic rings. The second-order valence-electron chi connectivity index (χ2n) is 4.63. The Morgan fingerprint density at radius 2 is 1.96 bits per heavy atom. The number of benzene rings is 1. The van der Waals surface area contributed by atoms with Crippen molar-refractivity contribution >= 4 is 17.4 Å². The van der Waals surface area contributed by atoms with E-state index in [1.165, 1.54) is 12.3 Å². The number of hydrogen-bond donors (Lipinski definition) is 2. The van der Waals surface area contributed by atoms with E-state index in [1.54, 1.807) is 37.4 Å². The van der Waals surface area contributed by atoms with Crippen LogP contribution in [0.3, 0.4) is 0 Å². The molecular formula is C15H17N4O4+. The van der Waals surface area contributed by atoms with Gasteiger partial charge in [-0.05, 0) is 24.3 Å². The number of aromatic nitrogens is 1. The predicted octanol–water partition coefficient (Wildman–Crippen LogP) is 1.26. The molecule has 0 bridgehead atoms. The molecule has 8 heteroatoms. The molecule has 0 aliphatic carbocycles. The maximum absolute atomic E-state index is 11.9. The lowest BCUT2D eigenvalue weighted by atomic mass is 10.2. The second-order valence-corrected chi connectivity index (χ2v) is 4.63. The smallest absolute Gasteiger partial charge is 0.308 e. The van der Waals surface area contributed by atoms with Gasteiger partial charge in [0, 0.05) is 17.7 Å². The quantitative estimate of drug-likeness (QED) is 0.454. The van der Waals surface area contributed by atoms with Crippen LogP contribution in [0.25, 0.3) is 0 Å². The number of anilines is 1. The number of ether oxygens (including phenoxy) is 1. The van der Waals surface area contributed by atoms with Crippen LogP contribution in [0, 0.1) is 10.1 Å². The Morgan fingerprint density at radius 3 is 2.52 bits per heavy atom. The summed E-state index contributed by atoms with van der Waals surface area (Å²) < 4.78 is 5.03. The third-order valence-electron chi connectivity index (χ3n) is 3.09. The van der Waals surface area contributed by atoms with Crippen molar-refractivity contribution in [3.05, 3.63) is 58.3 Å². The maximum Gasteiger partial charge on any atom is 0.308 e. The van der Waals surface area contributed by atoms with Gasteiger partial charge in [0.1, 0.15) is 12.3 Å². The van der Waals surface area contributed by atoms with Gasteiger partial charge in [-0.3, -0.25) is 20.2 Å². The standard InChI is InChI=1S/C15H16N4O4/c1-23-13-5-2-11(3-6-13)15(20)17-9-8-16-14-7-4-12(10-18-14)19(21)22/h2-7,10H,8-9H2,1H3,(H,16,18)(H,17,20)/p+1. The van der Waals surface area contributed by atoms with Crippen LogP contribution >= 0.6 is 0 Å². The number of rotatable bonds is 7. The van der Waals surface area contributed by atoms with Crippen molar-refractivity contribution in [3.8, 4) is 5.75 Å². The summed E-state index contributed by atoms with van der Waals surface area (Å²) >= 11 is 0. The minimum Gasteiger partial charge on any atom is -0.497 e. The summed E-state index contributed by atoms with van der Waals surface area (Å²) in [6.07, 6.45) is 1.30.